The molecule has 0 unspecified atom stereocenters. The molecular weight excluding hydrogens is 845 g/mol. The monoisotopic (exact) mass is 882 g/mol. The number of hydrogen-bond donors (Lipinski definition) is 0. The maximum absolute atomic E-state index is 6.70. The summed E-state index contributed by atoms with van der Waals surface area (Å²) in [4.78, 5) is 15.8. The van der Waals surface area contributed by atoms with Crippen LogP contribution in [0.1, 0.15) is 0 Å². The van der Waals surface area contributed by atoms with Gasteiger partial charge in [0.25, 0.3) is 0 Å². The zero-order valence-electron chi connectivity index (χ0n) is 37.0. The van der Waals surface area contributed by atoms with Crippen LogP contribution in [0.3, 0.4) is 0 Å². The Morgan fingerprint density at radius 3 is 1.39 bits per heavy atom. The first kappa shape index (κ1) is 38.8. The molecule has 0 aliphatic heterocycles. The number of rotatable bonds is 7. The molecule has 0 bridgehead atoms. The first-order chi connectivity index (χ1) is 34.2. The Morgan fingerprint density at radius 2 is 0.754 bits per heavy atom. The van der Waals surface area contributed by atoms with Crippen LogP contribution in [-0.2, 0) is 0 Å². The molecule has 0 fully saturated rings. The molecule has 6 nitrogen and oxygen atoms in total. The fraction of sp³-hybridized carbons (Fsp3) is 0. The minimum Gasteiger partial charge on any atom is -0.456 e. The summed E-state index contributed by atoms with van der Waals surface area (Å²) in [6.07, 6.45) is 0. The van der Waals surface area contributed by atoms with Crippen molar-refractivity contribution < 1.29 is 8.83 Å². The lowest BCUT2D eigenvalue weighted by Crippen LogP contribution is -2.00. The average molecular weight is 883 g/mol. The van der Waals surface area contributed by atoms with Gasteiger partial charge in [-0.3, -0.25) is 0 Å². The Bertz CT molecular complexity index is 4160. The van der Waals surface area contributed by atoms with Gasteiger partial charge in [-0.15, -0.1) is 0 Å². The molecule has 0 aliphatic rings. The molecule has 14 rings (SSSR count). The summed E-state index contributed by atoms with van der Waals surface area (Å²) in [5.74, 6) is 1.73. The number of para-hydroxylation sites is 2. The van der Waals surface area contributed by atoms with Gasteiger partial charge in [0.15, 0.2) is 17.5 Å². The van der Waals surface area contributed by atoms with E-state index in [4.69, 9.17) is 23.8 Å². The lowest BCUT2D eigenvalue weighted by molar-refractivity contribution is 0.668. The van der Waals surface area contributed by atoms with Crippen molar-refractivity contribution in [3.05, 3.63) is 231 Å². The molecule has 69 heavy (non-hydrogen) atoms. The molecule has 0 N–H and O–H groups in total. The lowest BCUT2D eigenvalue weighted by atomic mass is 9.96. The second-order valence-electron chi connectivity index (χ2n) is 17.5. The molecule has 14 aromatic rings. The Kier molecular flexibility index (Phi) is 8.79. The highest BCUT2D eigenvalue weighted by Gasteiger charge is 2.22. The molecule has 10 aromatic carbocycles. The fourth-order valence-electron chi connectivity index (χ4n) is 10.3. The second-order valence-corrected chi connectivity index (χ2v) is 17.5. The van der Waals surface area contributed by atoms with Crippen LogP contribution < -0.4 is 0 Å². The fourth-order valence-corrected chi connectivity index (χ4v) is 10.3. The molecule has 0 amide bonds. The van der Waals surface area contributed by atoms with Crippen molar-refractivity contribution >= 4 is 65.7 Å². The summed E-state index contributed by atoms with van der Waals surface area (Å²) < 4.78 is 15.7. The van der Waals surface area contributed by atoms with E-state index < -0.39 is 0 Å². The smallest absolute Gasteiger partial charge is 0.164 e. The summed E-state index contributed by atoms with van der Waals surface area (Å²) in [7, 11) is 0. The molecule has 0 radical (unpaired) electrons. The van der Waals surface area contributed by atoms with Crippen LogP contribution in [0.15, 0.2) is 239 Å². The van der Waals surface area contributed by atoms with Crippen LogP contribution in [0.5, 0.6) is 0 Å². The highest BCUT2D eigenvalue weighted by atomic mass is 16.3. The molecular formula is C63H38N4O2. The summed E-state index contributed by atoms with van der Waals surface area (Å²) >= 11 is 0. The molecule has 0 spiro atoms. The summed E-state index contributed by atoms with van der Waals surface area (Å²) in [5, 5.41) is 6.44. The van der Waals surface area contributed by atoms with Crippen LogP contribution >= 0.6 is 0 Å². The molecule has 0 aliphatic carbocycles. The highest BCUT2D eigenvalue weighted by molar-refractivity contribution is 6.19. The van der Waals surface area contributed by atoms with E-state index in [2.05, 4.69) is 211 Å². The third kappa shape index (κ3) is 6.38. The van der Waals surface area contributed by atoms with Gasteiger partial charge in [-0.2, -0.15) is 0 Å². The molecule has 0 saturated heterocycles. The number of furan rings is 2. The molecule has 4 aromatic heterocycles. The Balaban J connectivity index is 0.971. The van der Waals surface area contributed by atoms with Crippen LogP contribution in [0, 0.1) is 0 Å². The van der Waals surface area contributed by atoms with Gasteiger partial charge in [0.1, 0.15) is 22.3 Å². The zero-order valence-corrected chi connectivity index (χ0v) is 37.0. The van der Waals surface area contributed by atoms with Crippen LogP contribution in [-0.4, -0.2) is 19.5 Å². The van der Waals surface area contributed by atoms with E-state index in [1.807, 2.05) is 24.3 Å². The van der Waals surface area contributed by atoms with Gasteiger partial charge in [-0.05, 0) is 94.0 Å². The molecule has 4 heterocycles. The minimum absolute atomic E-state index is 0.558. The minimum atomic E-state index is 0.558. The maximum atomic E-state index is 6.70. The van der Waals surface area contributed by atoms with Gasteiger partial charge in [-0.25, -0.2) is 15.0 Å². The largest absolute Gasteiger partial charge is 0.456 e. The normalized spacial score (nSPS) is 11.8. The summed E-state index contributed by atoms with van der Waals surface area (Å²) in [5.41, 5.74) is 15.7. The SMILES string of the molecule is c1ccc(-c2cccc(-c3nc(-c4cccc(-c5ccccc5)c4)nc(-c4cccc5oc6ccc(-c7cccc8oc9cccc(-n%10c%11ccccc%11c%11ccccc%11%10)c9c78)cc6c45)n3)c2)cc1. The van der Waals surface area contributed by atoms with Crippen molar-refractivity contribution in [3.63, 3.8) is 0 Å². The average Bonchev–Trinajstić information content (AvgIpc) is 4.11. The van der Waals surface area contributed by atoms with E-state index in [1.54, 1.807) is 0 Å². The van der Waals surface area contributed by atoms with Crippen LogP contribution in [0.4, 0.5) is 0 Å². The lowest BCUT2D eigenvalue weighted by Gasteiger charge is -2.11. The van der Waals surface area contributed by atoms with Gasteiger partial charge in [0.2, 0.25) is 0 Å². The van der Waals surface area contributed by atoms with Crippen LogP contribution in [0.25, 0.3) is 139 Å². The van der Waals surface area contributed by atoms with E-state index in [0.717, 1.165) is 111 Å². The van der Waals surface area contributed by atoms with Gasteiger partial charge in [0, 0.05) is 43.6 Å². The highest BCUT2D eigenvalue weighted by Crippen LogP contribution is 2.44. The summed E-state index contributed by atoms with van der Waals surface area (Å²) in [6.45, 7) is 0. The van der Waals surface area contributed by atoms with E-state index >= 15 is 0 Å². The molecule has 6 heteroatoms. The predicted molar refractivity (Wildman–Crippen MR) is 281 cm³/mol. The number of hydrogen-bond acceptors (Lipinski definition) is 5. The number of aromatic nitrogens is 4. The van der Waals surface area contributed by atoms with Gasteiger partial charge < -0.3 is 13.4 Å². The number of fused-ring (bicyclic) bond motifs is 9. The van der Waals surface area contributed by atoms with Crippen molar-refractivity contribution in [1.82, 2.24) is 19.5 Å². The van der Waals surface area contributed by atoms with E-state index in [1.165, 1.54) is 10.8 Å². The summed E-state index contributed by atoms with van der Waals surface area (Å²) in [6, 6.07) is 80.2. The van der Waals surface area contributed by atoms with E-state index in [9.17, 15) is 0 Å². The third-order valence-electron chi connectivity index (χ3n) is 13.5. The first-order valence-corrected chi connectivity index (χ1v) is 23.2. The van der Waals surface area contributed by atoms with Gasteiger partial charge in [-0.1, -0.05) is 170 Å². The Labute approximate surface area is 396 Å². The van der Waals surface area contributed by atoms with E-state index in [0.29, 0.717) is 17.5 Å². The number of benzene rings is 10. The van der Waals surface area contributed by atoms with Gasteiger partial charge in [0.05, 0.1) is 22.1 Å². The van der Waals surface area contributed by atoms with Crippen molar-refractivity contribution in [1.29, 1.82) is 0 Å². The predicted octanol–water partition coefficient (Wildman–Crippen LogP) is 16.8. The molecule has 322 valence electrons. The standard InChI is InChI=1S/C63H38N4O2/c1-3-16-39(17-4-1)41-20-11-22-44(36-41)61-64-62(45-23-12-21-42(37-45)40-18-5-2-6-19-40)66-63(65-61)49-27-14-31-55-58(49)50-38-43(34-35-54(50)68-55)46-26-13-32-56-59(46)60-53(30-15-33-57(60)69-56)67-51-28-9-7-24-47(51)48-25-8-10-29-52(48)67/h1-38H. The van der Waals surface area contributed by atoms with Crippen molar-refractivity contribution in [2.24, 2.45) is 0 Å². The Morgan fingerprint density at radius 1 is 0.275 bits per heavy atom. The van der Waals surface area contributed by atoms with Crippen molar-refractivity contribution in [3.8, 4) is 73.2 Å². The molecule has 0 atom stereocenters. The maximum Gasteiger partial charge on any atom is 0.164 e. The second kappa shape index (κ2) is 15.6. The quantitative estimate of drug-likeness (QED) is 0.159. The third-order valence-corrected chi connectivity index (χ3v) is 13.5. The zero-order chi connectivity index (χ0) is 45.4. The number of nitrogens with zero attached hydrogens (tertiary/aromatic N) is 4. The van der Waals surface area contributed by atoms with E-state index in [-0.39, 0.29) is 0 Å². The first-order valence-electron chi connectivity index (χ1n) is 23.2. The molecule has 0 saturated carbocycles. The van der Waals surface area contributed by atoms with Crippen molar-refractivity contribution in [2.45, 2.75) is 0 Å². The topological polar surface area (TPSA) is 69.9 Å². The Hall–Kier alpha value is -9.39. The van der Waals surface area contributed by atoms with Crippen molar-refractivity contribution in [2.75, 3.05) is 0 Å². The van der Waals surface area contributed by atoms with Gasteiger partial charge >= 0.3 is 0 Å². The van der Waals surface area contributed by atoms with Crippen LogP contribution in [0.2, 0.25) is 0 Å².